The lowest BCUT2D eigenvalue weighted by molar-refractivity contribution is -0.131. The minimum atomic E-state index is 0.102. The van der Waals surface area contributed by atoms with Crippen LogP contribution in [0.4, 0.5) is 5.69 Å². The number of nitrogens with two attached hydrogens (primary N) is 1. The van der Waals surface area contributed by atoms with Gasteiger partial charge in [-0.2, -0.15) is 5.10 Å². The van der Waals surface area contributed by atoms with E-state index in [0.29, 0.717) is 12.2 Å². The molecule has 1 aromatic rings. The summed E-state index contributed by atoms with van der Waals surface area (Å²) in [6, 6.07) is 0. The normalized spacial score (nSPS) is 16.0. The topological polar surface area (TPSA) is 64.2 Å². The van der Waals surface area contributed by atoms with Gasteiger partial charge in [-0.25, -0.2) is 0 Å². The lowest BCUT2D eigenvalue weighted by Gasteiger charge is -2.32. The van der Waals surface area contributed by atoms with Crippen LogP contribution in [-0.2, 0) is 11.3 Å². The number of rotatable bonds is 2. The molecule has 2 rings (SSSR count). The molecule has 5 heteroatoms. The van der Waals surface area contributed by atoms with Gasteiger partial charge in [-0.3, -0.25) is 9.48 Å². The zero-order chi connectivity index (χ0) is 15.8. The molecule has 0 aromatic carbocycles. The quantitative estimate of drug-likeness (QED) is 0.850. The van der Waals surface area contributed by atoms with Gasteiger partial charge in [0.15, 0.2) is 0 Å². The Morgan fingerprint density at radius 1 is 1.38 bits per heavy atom. The number of aromatic nitrogens is 2. The minimum absolute atomic E-state index is 0.102. The maximum atomic E-state index is 12.4. The van der Waals surface area contributed by atoms with Gasteiger partial charge >= 0.3 is 0 Å². The van der Waals surface area contributed by atoms with Crippen molar-refractivity contribution in [1.82, 2.24) is 14.7 Å². The predicted octanol–water partition coefficient (Wildman–Crippen LogP) is 2.29. The number of anilines is 1. The fourth-order valence-corrected chi connectivity index (χ4v) is 2.67. The largest absolute Gasteiger partial charge is 0.396 e. The van der Waals surface area contributed by atoms with Crippen molar-refractivity contribution < 1.29 is 4.79 Å². The number of hydrogen-bond acceptors (Lipinski definition) is 3. The Bertz CT molecular complexity index is 578. The molecule has 1 aromatic heterocycles. The second kappa shape index (κ2) is 5.54. The highest BCUT2D eigenvalue weighted by molar-refractivity contribution is 5.76. The molecule has 0 atom stereocenters. The van der Waals surface area contributed by atoms with Gasteiger partial charge in [0, 0.05) is 13.1 Å². The summed E-state index contributed by atoms with van der Waals surface area (Å²) in [5.74, 6) is 0.102. The van der Waals surface area contributed by atoms with Gasteiger partial charge in [-0.05, 0) is 25.7 Å². The Morgan fingerprint density at radius 2 is 2.05 bits per heavy atom. The molecule has 0 bridgehead atoms. The SMILES string of the molecule is Cc1nn(CC(=O)N2CC=C(C(C)(C)C)CC2)c(C)c1N. The van der Waals surface area contributed by atoms with Crippen molar-refractivity contribution in [3.8, 4) is 0 Å². The first-order valence-electron chi connectivity index (χ1n) is 7.47. The maximum absolute atomic E-state index is 12.4. The first-order chi connectivity index (χ1) is 9.70. The summed E-state index contributed by atoms with van der Waals surface area (Å²) in [5.41, 5.74) is 9.86. The molecule has 21 heavy (non-hydrogen) atoms. The fourth-order valence-electron chi connectivity index (χ4n) is 2.67. The number of amides is 1. The van der Waals surface area contributed by atoms with Crippen molar-refractivity contribution in [3.63, 3.8) is 0 Å². The average molecular weight is 290 g/mol. The number of nitrogen functional groups attached to an aromatic ring is 1. The third-order valence-corrected chi connectivity index (χ3v) is 4.25. The highest BCUT2D eigenvalue weighted by Gasteiger charge is 2.24. The molecule has 1 amide bonds. The van der Waals surface area contributed by atoms with Gasteiger partial charge < -0.3 is 10.6 Å². The Morgan fingerprint density at radius 3 is 2.48 bits per heavy atom. The van der Waals surface area contributed by atoms with Crippen LogP contribution < -0.4 is 5.73 Å². The summed E-state index contributed by atoms with van der Waals surface area (Å²) in [6.07, 6.45) is 3.14. The molecule has 5 nitrogen and oxygen atoms in total. The summed E-state index contributed by atoms with van der Waals surface area (Å²) in [6.45, 7) is 12.2. The molecule has 116 valence electrons. The lowest BCUT2D eigenvalue weighted by atomic mass is 9.83. The molecule has 0 saturated heterocycles. The zero-order valence-corrected chi connectivity index (χ0v) is 13.7. The molecule has 1 aliphatic rings. The summed E-state index contributed by atoms with van der Waals surface area (Å²) in [7, 11) is 0. The third-order valence-electron chi connectivity index (χ3n) is 4.25. The van der Waals surface area contributed by atoms with E-state index in [-0.39, 0.29) is 17.9 Å². The van der Waals surface area contributed by atoms with Crippen molar-refractivity contribution in [1.29, 1.82) is 0 Å². The molecule has 2 heterocycles. The standard InChI is InChI=1S/C16H26N4O/c1-11-15(17)12(2)20(18-11)10-14(21)19-8-6-13(7-9-19)16(3,4)5/h6H,7-10,17H2,1-5H3. The van der Waals surface area contributed by atoms with Crippen LogP contribution in [0.25, 0.3) is 0 Å². The number of hydrogen-bond donors (Lipinski definition) is 1. The maximum Gasteiger partial charge on any atom is 0.244 e. The van der Waals surface area contributed by atoms with Crippen LogP contribution in [0.3, 0.4) is 0 Å². The number of carbonyl (C=O) groups is 1. The van der Waals surface area contributed by atoms with Crippen LogP contribution in [0.2, 0.25) is 0 Å². The van der Waals surface area contributed by atoms with Gasteiger partial charge in [-0.1, -0.05) is 32.4 Å². The summed E-state index contributed by atoms with van der Waals surface area (Å²) < 4.78 is 1.70. The van der Waals surface area contributed by atoms with Crippen LogP contribution in [0, 0.1) is 19.3 Å². The fraction of sp³-hybridized carbons (Fsp3) is 0.625. The number of nitrogens with zero attached hydrogens (tertiary/aromatic N) is 3. The number of aryl methyl sites for hydroxylation is 1. The van der Waals surface area contributed by atoms with Crippen molar-refractivity contribution in [2.45, 2.75) is 47.6 Å². The molecule has 2 N–H and O–H groups in total. The molecule has 1 aliphatic heterocycles. The molecule has 0 fully saturated rings. The highest BCUT2D eigenvalue weighted by atomic mass is 16.2. The van der Waals surface area contributed by atoms with Crippen LogP contribution in [-0.4, -0.2) is 33.7 Å². The zero-order valence-electron chi connectivity index (χ0n) is 13.7. The first-order valence-corrected chi connectivity index (χ1v) is 7.47. The van der Waals surface area contributed by atoms with E-state index >= 15 is 0 Å². The van der Waals surface area contributed by atoms with E-state index in [2.05, 4.69) is 31.9 Å². The summed E-state index contributed by atoms with van der Waals surface area (Å²) in [4.78, 5) is 14.3. The summed E-state index contributed by atoms with van der Waals surface area (Å²) >= 11 is 0. The Kier molecular flexibility index (Phi) is 4.12. The van der Waals surface area contributed by atoms with E-state index < -0.39 is 0 Å². The van der Waals surface area contributed by atoms with Crippen molar-refractivity contribution in [2.24, 2.45) is 5.41 Å². The lowest BCUT2D eigenvalue weighted by Crippen LogP contribution is -2.38. The first kappa shape index (κ1) is 15.6. The molecule has 0 saturated carbocycles. The third kappa shape index (κ3) is 3.28. The van der Waals surface area contributed by atoms with E-state index in [4.69, 9.17) is 5.73 Å². The van der Waals surface area contributed by atoms with Crippen molar-refractivity contribution in [3.05, 3.63) is 23.0 Å². The number of carbonyl (C=O) groups excluding carboxylic acids is 1. The van der Waals surface area contributed by atoms with E-state index in [1.165, 1.54) is 5.57 Å². The second-order valence-electron chi connectivity index (χ2n) is 6.81. The van der Waals surface area contributed by atoms with Crippen LogP contribution in [0.5, 0.6) is 0 Å². The Balaban J connectivity index is 2.03. The van der Waals surface area contributed by atoms with E-state index in [0.717, 1.165) is 24.4 Å². The van der Waals surface area contributed by atoms with Gasteiger partial charge in [0.05, 0.1) is 17.1 Å². The molecular formula is C16H26N4O. The van der Waals surface area contributed by atoms with Crippen molar-refractivity contribution in [2.75, 3.05) is 18.8 Å². The predicted molar refractivity (Wildman–Crippen MR) is 84.8 cm³/mol. The van der Waals surface area contributed by atoms with Gasteiger partial charge in [-0.15, -0.1) is 0 Å². The molecular weight excluding hydrogens is 264 g/mol. The van der Waals surface area contributed by atoms with Gasteiger partial charge in [0.2, 0.25) is 5.91 Å². The Labute approximate surface area is 126 Å². The van der Waals surface area contributed by atoms with E-state index in [1.807, 2.05) is 18.7 Å². The van der Waals surface area contributed by atoms with Crippen LogP contribution in [0.15, 0.2) is 11.6 Å². The van der Waals surface area contributed by atoms with E-state index in [1.54, 1.807) is 4.68 Å². The second-order valence-corrected chi connectivity index (χ2v) is 6.81. The molecule has 0 unspecified atom stereocenters. The molecule has 0 aliphatic carbocycles. The van der Waals surface area contributed by atoms with Gasteiger partial charge in [0.1, 0.15) is 6.54 Å². The monoisotopic (exact) mass is 290 g/mol. The summed E-state index contributed by atoms with van der Waals surface area (Å²) in [5, 5.41) is 4.33. The van der Waals surface area contributed by atoms with Crippen LogP contribution >= 0.6 is 0 Å². The Hall–Kier alpha value is -1.78. The molecule has 0 radical (unpaired) electrons. The van der Waals surface area contributed by atoms with Crippen LogP contribution in [0.1, 0.15) is 38.6 Å². The molecule has 0 spiro atoms. The smallest absolute Gasteiger partial charge is 0.244 e. The average Bonchev–Trinajstić information content (AvgIpc) is 2.65. The van der Waals surface area contributed by atoms with Gasteiger partial charge in [0.25, 0.3) is 0 Å². The highest BCUT2D eigenvalue weighted by Crippen LogP contribution is 2.30. The van der Waals surface area contributed by atoms with E-state index in [9.17, 15) is 4.79 Å². The van der Waals surface area contributed by atoms with Crippen molar-refractivity contribution >= 4 is 11.6 Å². The minimum Gasteiger partial charge on any atom is -0.396 e.